The Kier molecular flexibility index (Phi) is 5.15. The number of anilines is 4. The van der Waals surface area contributed by atoms with E-state index in [0.29, 0.717) is 18.5 Å². The Hall–Kier alpha value is -3.29. The van der Waals surface area contributed by atoms with Gasteiger partial charge in [-0.3, -0.25) is 4.79 Å². The molecule has 0 radical (unpaired) electrons. The van der Waals surface area contributed by atoms with Crippen LogP contribution in [0.2, 0.25) is 0 Å². The molecule has 2 aromatic rings. The number of aromatic nitrogens is 2. The van der Waals surface area contributed by atoms with Crippen molar-refractivity contribution >= 4 is 29.0 Å². The highest BCUT2D eigenvalue weighted by Crippen LogP contribution is 2.40. The number of amides is 1. The zero-order valence-corrected chi connectivity index (χ0v) is 18.8. The number of fused-ring (bicyclic) bond motifs is 1. The molecule has 0 spiro atoms. The molecule has 3 aliphatic rings. The van der Waals surface area contributed by atoms with E-state index in [1.54, 1.807) is 17.3 Å². The molecule has 5 rings (SSSR count). The molecule has 1 fully saturated rings. The lowest BCUT2D eigenvalue weighted by molar-refractivity contribution is -0.125. The first-order valence-corrected chi connectivity index (χ1v) is 11.3. The third-order valence-electron chi connectivity index (χ3n) is 6.63. The number of carbonyl (C=O) groups excluding carboxylic acids is 1. The lowest BCUT2D eigenvalue weighted by Crippen LogP contribution is -2.45. The van der Waals surface area contributed by atoms with Crippen molar-refractivity contribution < 1.29 is 4.79 Å². The Morgan fingerprint density at radius 1 is 1.12 bits per heavy atom. The van der Waals surface area contributed by atoms with E-state index < -0.39 is 5.41 Å². The van der Waals surface area contributed by atoms with E-state index in [4.69, 9.17) is 4.98 Å². The summed E-state index contributed by atoms with van der Waals surface area (Å²) in [5.41, 5.74) is 2.27. The number of carbonyl (C=O) groups is 1. The lowest BCUT2D eigenvalue weighted by Gasteiger charge is -2.34. The summed E-state index contributed by atoms with van der Waals surface area (Å²) in [7, 11) is 1.82. The van der Waals surface area contributed by atoms with Crippen LogP contribution in [-0.2, 0) is 4.79 Å². The van der Waals surface area contributed by atoms with Gasteiger partial charge in [0, 0.05) is 31.5 Å². The predicted molar refractivity (Wildman–Crippen MR) is 125 cm³/mol. The zero-order chi connectivity index (χ0) is 22.3. The van der Waals surface area contributed by atoms with Crippen LogP contribution in [0.25, 0.3) is 0 Å². The first-order chi connectivity index (χ1) is 15.4. The second kappa shape index (κ2) is 8.00. The van der Waals surface area contributed by atoms with Gasteiger partial charge in [-0.25, -0.2) is 4.98 Å². The normalized spacial score (nSPS) is 22.3. The molecule has 1 amide bonds. The predicted octanol–water partition coefficient (Wildman–Crippen LogP) is 4.99. The van der Waals surface area contributed by atoms with E-state index in [0.717, 1.165) is 35.6 Å². The number of benzene rings is 1. The molecule has 8 nitrogen and oxygen atoms in total. The van der Waals surface area contributed by atoms with Crippen LogP contribution in [0.1, 0.15) is 51.1 Å². The van der Waals surface area contributed by atoms with Gasteiger partial charge in [0.05, 0.1) is 11.6 Å². The van der Waals surface area contributed by atoms with E-state index in [2.05, 4.69) is 25.4 Å². The summed E-state index contributed by atoms with van der Waals surface area (Å²) in [4.78, 5) is 26.6. The molecule has 2 aliphatic heterocycles. The summed E-state index contributed by atoms with van der Waals surface area (Å²) in [6, 6.07) is 8.46. The van der Waals surface area contributed by atoms with Gasteiger partial charge in [0.1, 0.15) is 11.7 Å². The monoisotopic (exact) mass is 431 g/mol. The van der Waals surface area contributed by atoms with Crippen LogP contribution < -0.4 is 15.1 Å². The summed E-state index contributed by atoms with van der Waals surface area (Å²) in [5, 5.41) is 11.4. The van der Waals surface area contributed by atoms with Crippen molar-refractivity contribution in [2.45, 2.75) is 51.6 Å². The molecule has 1 aromatic heterocycles. The van der Waals surface area contributed by atoms with Crippen molar-refractivity contribution in [3.63, 3.8) is 0 Å². The summed E-state index contributed by atoms with van der Waals surface area (Å²) >= 11 is 0. The SMILES string of the molecule is CN1C(=O)C(C)(C)CN(C2CCCC2)c2nc(Nc3ccc(C4C=CN=N4)cc3)ncc21. The topological polar surface area (TPSA) is 86.1 Å². The van der Waals surface area contributed by atoms with Crippen LogP contribution >= 0.6 is 0 Å². The Labute approximate surface area is 188 Å². The van der Waals surface area contributed by atoms with Crippen molar-refractivity contribution in [2.24, 2.45) is 15.6 Å². The largest absolute Gasteiger partial charge is 0.351 e. The molecular weight excluding hydrogens is 402 g/mol. The zero-order valence-electron chi connectivity index (χ0n) is 18.8. The quantitative estimate of drug-likeness (QED) is 0.737. The van der Waals surface area contributed by atoms with Crippen molar-refractivity contribution in [1.82, 2.24) is 9.97 Å². The average Bonchev–Trinajstić information content (AvgIpc) is 3.50. The van der Waals surface area contributed by atoms with Crippen LogP contribution in [-0.4, -0.2) is 35.5 Å². The molecule has 166 valence electrons. The van der Waals surface area contributed by atoms with Gasteiger partial charge >= 0.3 is 0 Å². The van der Waals surface area contributed by atoms with E-state index >= 15 is 0 Å². The first kappa shape index (κ1) is 20.6. The van der Waals surface area contributed by atoms with Gasteiger partial charge < -0.3 is 15.1 Å². The Morgan fingerprint density at radius 3 is 2.56 bits per heavy atom. The number of hydrogen-bond donors (Lipinski definition) is 1. The second-order valence-corrected chi connectivity index (χ2v) is 9.48. The smallest absolute Gasteiger partial charge is 0.234 e. The molecular formula is C24H29N7O. The van der Waals surface area contributed by atoms with Gasteiger partial charge in [-0.05, 0) is 50.5 Å². The van der Waals surface area contributed by atoms with Gasteiger partial charge in [0.15, 0.2) is 5.82 Å². The fourth-order valence-corrected chi connectivity index (χ4v) is 4.86. The molecule has 3 heterocycles. The molecule has 0 saturated heterocycles. The Bertz CT molecular complexity index is 1060. The summed E-state index contributed by atoms with van der Waals surface area (Å²) < 4.78 is 0. The standard InChI is InChI=1S/C24H29N7O/c1-24(2)15-31(18-6-4-5-7-18)21-20(30(3)22(24)32)14-25-23(28-21)27-17-10-8-16(9-11-17)19-12-13-26-29-19/h8-14,18-19H,4-7,15H2,1-3H3,(H,25,27,28). The molecule has 1 N–H and O–H groups in total. The number of nitrogens with one attached hydrogen (secondary N) is 1. The van der Waals surface area contributed by atoms with Crippen molar-refractivity contribution in [1.29, 1.82) is 0 Å². The molecule has 1 saturated carbocycles. The van der Waals surface area contributed by atoms with Gasteiger partial charge in [0.2, 0.25) is 11.9 Å². The van der Waals surface area contributed by atoms with Crippen LogP contribution in [0.3, 0.4) is 0 Å². The second-order valence-electron chi connectivity index (χ2n) is 9.48. The summed E-state index contributed by atoms with van der Waals surface area (Å²) in [5.74, 6) is 1.46. The van der Waals surface area contributed by atoms with Crippen LogP contribution in [0, 0.1) is 5.41 Å². The van der Waals surface area contributed by atoms with E-state index in [9.17, 15) is 4.79 Å². The van der Waals surface area contributed by atoms with Gasteiger partial charge in [-0.1, -0.05) is 25.0 Å². The highest BCUT2D eigenvalue weighted by molar-refractivity contribution is 6.00. The minimum absolute atomic E-state index is 0.0100. The molecule has 1 atom stereocenters. The molecule has 8 heteroatoms. The highest BCUT2D eigenvalue weighted by atomic mass is 16.2. The average molecular weight is 432 g/mol. The maximum Gasteiger partial charge on any atom is 0.234 e. The number of azo groups is 1. The molecule has 1 unspecified atom stereocenters. The van der Waals surface area contributed by atoms with Crippen LogP contribution in [0.15, 0.2) is 53.0 Å². The number of hydrogen-bond acceptors (Lipinski definition) is 7. The van der Waals surface area contributed by atoms with E-state index in [1.807, 2.05) is 51.2 Å². The van der Waals surface area contributed by atoms with Gasteiger partial charge in [0.25, 0.3) is 0 Å². The van der Waals surface area contributed by atoms with Crippen LogP contribution in [0.5, 0.6) is 0 Å². The maximum absolute atomic E-state index is 13.1. The summed E-state index contributed by atoms with van der Waals surface area (Å²) in [6.07, 6.45) is 10.2. The Morgan fingerprint density at radius 2 is 1.88 bits per heavy atom. The van der Waals surface area contributed by atoms with Crippen molar-refractivity contribution in [3.8, 4) is 0 Å². The molecule has 0 bridgehead atoms. The van der Waals surface area contributed by atoms with E-state index in [1.165, 1.54) is 12.8 Å². The highest BCUT2D eigenvalue weighted by Gasteiger charge is 2.41. The maximum atomic E-state index is 13.1. The first-order valence-electron chi connectivity index (χ1n) is 11.3. The molecule has 1 aliphatic carbocycles. The van der Waals surface area contributed by atoms with Crippen molar-refractivity contribution in [2.75, 3.05) is 28.7 Å². The molecule has 32 heavy (non-hydrogen) atoms. The minimum atomic E-state index is -0.493. The molecule has 1 aromatic carbocycles. The van der Waals surface area contributed by atoms with Gasteiger partial charge in [-0.2, -0.15) is 15.2 Å². The lowest BCUT2D eigenvalue weighted by atomic mass is 9.91. The van der Waals surface area contributed by atoms with Gasteiger partial charge in [-0.15, -0.1) is 0 Å². The van der Waals surface area contributed by atoms with E-state index in [-0.39, 0.29) is 11.9 Å². The third-order valence-corrected chi connectivity index (χ3v) is 6.63. The number of nitrogens with zero attached hydrogens (tertiary/aromatic N) is 6. The fraction of sp³-hybridized carbons (Fsp3) is 0.458. The fourth-order valence-electron chi connectivity index (χ4n) is 4.86. The third kappa shape index (κ3) is 3.74. The summed E-state index contributed by atoms with van der Waals surface area (Å²) in [6.45, 7) is 4.70. The number of rotatable bonds is 4. The Balaban J connectivity index is 1.45. The minimum Gasteiger partial charge on any atom is -0.351 e. The van der Waals surface area contributed by atoms with Crippen molar-refractivity contribution in [3.05, 3.63) is 48.3 Å². The van der Waals surface area contributed by atoms with Crippen LogP contribution in [0.4, 0.5) is 23.1 Å².